The van der Waals surface area contributed by atoms with Crippen LogP contribution in [-0.2, 0) is 0 Å². The molecule has 1 N–H and O–H groups in total. The lowest BCUT2D eigenvalue weighted by Gasteiger charge is -2.07. The van der Waals surface area contributed by atoms with Gasteiger partial charge in [0.15, 0.2) is 5.75 Å². The predicted molar refractivity (Wildman–Crippen MR) is 82.4 cm³/mol. The van der Waals surface area contributed by atoms with Crippen molar-refractivity contribution in [3.8, 4) is 28.6 Å². The van der Waals surface area contributed by atoms with Gasteiger partial charge in [-0.15, -0.1) is 0 Å². The smallest absolute Gasteiger partial charge is 0.449 e. The third-order valence-electron chi connectivity index (χ3n) is 3.24. The van der Waals surface area contributed by atoms with Crippen molar-refractivity contribution in [3.63, 3.8) is 0 Å². The van der Waals surface area contributed by atoms with E-state index in [1.165, 1.54) is 17.1 Å². The van der Waals surface area contributed by atoms with E-state index in [0.717, 1.165) is 11.1 Å². The maximum Gasteiger partial charge on any atom is 0.511 e. The van der Waals surface area contributed by atoms with E-state index in [2.05, 4.69) is 15.9 Å². The van der Waals surface area contributed by atoms with E-state index in [0.29, 0.717) is 11.3 Å². The third-order valence-corrected chi connectivity index (χ3v) is 3.24. The molecule has 3 rings (SSSR count). The van der Waals surface area contributed by atoms with E-state index in [4.69, 9.17) is 5.11 Å². The Morgan fingerprint density at radius 1 is 1.22 bits per heavy atom. The standard InChI is InChI=1S/C17H11N3O3/c18-9-13-8-14(20-11-15(10-19-20)23-17(21)22)6-7-16(13)12-4-2-1-3-5-12/h1-8,10-11H,(H,21,22). The minimum Gasteiger partial charge on any atom is -0.449 e. The normalized spacial score (nSPS) is 10.0. The second-order valence-electron chi connectivity index (χ2n) is 4.70. The highest BCUT2D eigenvalue weighted by atomic mass is 16.7. The van der Waals surface area contributed by atoms with Crippen molar-refractivity contribution in [1.29, 1.82) is 5.26 Å². The van der Waals surface area contributed by atoms with E-state index >= 15 is 0 Å². The summed E-state index contributed by atoms with van der Waals surface area (Å²) in [7, 11) is 0. The van der Waals surface area contributed by atoms with Crippen LogP contribution in [0.2, 0.25) is 0 Å². The largest absolute Gasteiger partial charge is 0.511 e. The lowest BCUT2D eigenvalue weighted by atomic mass is 10.00. The second-order valence-corrected chi connectivity index (χ2v) is 4.70. The number of ether oxygens (including phenoxy) is 1. The van der Waals surface area contributed by atoms with Gasteiger partial charge in [-0.3, -0.25) is 0 Å². The van der Waals surface area contributed by atoms with Crippen molar-refractivity contribution >= 4 is 6.16 Å². The Bertz CT molecular complexity index is 895. The van der Waals surface area contributed by atoms with Gasteiger partial charge in [0.05, 0.1) is 29.7 Å². The van der Waals surface area contributed by atoms with Gasteiger partial charge < -0.3 is 9.84 Å². The monoisotopic (exact) mass is 305 g/mol. The van der Waals surface area contributed by atoms with Crippen molar-refractivity contribution in [3.05, 3.63) is 66.5 Å². The van der Waals surface area contributed by atoms with Crippen LogP contribution in [0.4, 0.5) is 4.79 Å². The SMILES string of the molecule is N#Cc1cc(-n2cc(OC(=O)O)cn2)ccc1-c1ccccc1. The summed E-state index contributed by atoms with van der Waals surface area (Å²) in [5, 5.41) is 22.0. The fourth-order valence-electron chi connectivity index (χ4n) is 2.24. The first-order chi connectivity index (χ1) is 11.2. The highest BCUT2D eigenvalue weighted by Crippen LogP contribution is 2.25. The predicted octanol–water partition coefficient (Wildman–Crippen LogP) is 3.47. The summed E-state index contributed by atoms with van der Waals surface area (Å²) in [6, 6.07) is 17.1. The summed E-state index contributed by atoms with van der Waals surface area (Å²) in [4.78, 5) is 10.5. The first-order valence-electron chi connectivity index (χ1n) is 6.73. The zero-order valence-corrected chi connectivity index (χ0v) is 11.9. The van der Waals surface area contributed by atoms with Crippen LogP contribution in [0, 0.1) is 11.3 Å². The molecule has 1 heterocycles. The minimum atomic E-state index is -1.40. The molecule has 0 aliphatic carbocycles. The van der Waals surface area contributed by atoms with Gasteiger partial charge in [0, 0.05) is 0 Å². The molecule has 0 bridgehead atoms. The third kappa shape index (κ3) is 3.04. The topological polar surface area (TPSA) is 88.1 Å². The van der Waals surface area contributed by atoms with Crippen molar-refractivity contribution in [2.75, 3.05) is 0 Å². The molecule has 0 radical (unpaired) electrons. The molecule has 3 aromatic rings. The van der Waals surface area contributed by atoms with Gasteiger partial charge in [0.1, 0.15) is 0 Å². The molecule has 0 aliphatic heterocycles. The average Bonchev–Trinajstić information content (AvgIpc) is 3.02. The number of carbonyl (C=O) groups is 1. The molecule has 2 aromatic carbocycles. The van der Waals surface area contributed by atoms with Gasteiger partial charge in [-0.25, -0.2) is 9.48 Å². The summed E-state index contributed by atoms with van der Waals surface area (Å²) in [5.41, 5.74) is 2.92. The van der Waals surface area contributed by atoms with Gasteiger partial charge in [0.2, 0.25) is 0 Å². The molecule has 1 aromatic heterocycles. The van der Waals surface area contributed by atoms with Crippen LogP contribution < -0.4 is 4.74 Å². The molecule has 0 aliphatic rings. The van der Waals surface area contributed by atoms with E-state index in [1.807, 2.05) is 36.4 Å². The number of carboxylic acid groups (broad SMARTS) is 1. The van der Waals surface area contributed by atoms with Crippen LogP contribution in [0.25, 0.3) is 16.8 Å². The fraction of sp³-hybridized carbons (Fsp3) is 0. The van der Waals surface area contributed by atoms with Crippen molar-refractivity contribution in [2.45, 2.75) is 0 Å². The Balaban J connectivity index is 1.98. The van der Waals surface area contributed by atoms with Gasteiger partial charge in [0.25, 0.3) is 0 Å². The lowest BCUT2D eigenvalue weighted by molar-refractivity contribution is 0.144. The van der Waals surface area contributed by atoms with Crippen molar-refractivity contribution in [2.24, 2.45) is 0 Å². The Morgan fingerprint density at radius 3 is 2.70 bits per heavy atom. The zero-order valence-electron chi connectivity index (χ0n) is 11.9. The van der Waals surface area contributed by atoms with Crippen molar-refractivity contribution < 1.29 is 14.6 Å². The van der Waals surface area contributed by atoms with Crippen molar-refractivity contribution in [1.82, 2.24) is 9.78 Å². The summed E-state index contributed by atoms with van der Waals surface area (Å²) >= 11 is 0. The second kappa shape index (κ2) is 6.03. The lowest BCUT2D eigenvalue weighted by Crippen LogP contribution is -2.02. The Labute approximate surface area is 131 Å². The fourth-order valence-corrected chi connectivity index (χ4v) is 2.24. The zero-order chi connectivity index (χ0) is 16.2. The Hall–Kier alpha value is -3.59. The summed E-state index contributed by atoms with van der Waals surface area (Å²) < 4.78 is 5.99. The summed E-state index contributed by atoms with van der Waals surface area (Å²) in [6.45, 7) is 0. The molecular formula is C17H11N3O3. The maximum atomic E-state index is 10.5. The first kappa shape index (κ1) is 14.4. The molecule has 0 amide bonds. The van der Waals surface area contributed by atoms with Gasteiger partial charge in [-0.2, -0.15) is 10.4 Å². The first-order valence-corrected chi connectivity index (χ1v) is 6.73. The van der Waals surface area contributed by atoms with E-state index in [-0.39, 0.29) is 5.75 Å². The highest BCUT2D eigenvalue weighted by Gasteiger charge is 2.09. The average molecular weight is 305 g/mol. The highest BCUT2D eigenvalue weighted by molar-refractivity contribution is 5.72. The van der Waals surface area contributed by atoms with Crippen LogP contribution in [-0.4, -0.2) is 21.0 Å². The molecule has 6 nitrogen and oxygen atoms in total. The van der Waals surface area contributed by atoms with Crippen LogP contribution in [0.5, 0.6) is 5.75 Å². The molecule has 0 spiro atoms. The summed E-state index contributed by atoms with van der Waals surface area (Å²) in [6.07, 6.45) is 1.33. The van der Waals surface area contributed by atoms with Gasteiger partial charge in [-0.1, -0.05) is 36.4 Å². The Morgan fingerprint density at radius 2 is 2.00 bits per heavy atom. The molecule has 0 saturated heterocycles. The number of aromatic nitrogens is 2. The Kier molecular flexibility index (Phi) is 3.77. The molecule has 23 heavy (non-hydrogen) atoms. The molecule has 6 heteroatoms. The van der Waals surface area contributed by atoms with Crippen LogP contribution in [0.15, 0.2) is 60.9 Å². The maximum absolute atomic E-state index is 10.5. The number of nitriles is 1. The number of rotatable bonds is 3. The number of nitrogens with zero attached hydrogens (tertiary/aromatic N) is 3. The van der Waals surface area contributed by atoms with Gasteiger partial charge >= 0.3 is 6.16 Å². The van der Waals surface area contributed by atoms with E-state index in [9.17, 15) is 10.1 Å². The number of benzene rings is 2. The molecule has 0 unspecified atom stereocenters. The van der Waals surface area contributed by atoms with E-state index in [1.54, 1.807) is 12.1 Å². The van der Waals surface area contributed by atoms with Crippen LogP contribution in [0.3, 0.4) is 0 Å². The van der Waals surface area contributed by atoms with Crippen LogP contribution in [0.1, 0.15) is 5.56 Å². The van der Waals surface area contributed by atoms with E-state index < -0.39 is 6.16 Å². The molecule has 112 valence electrons. The number of hydrogen-bond acceptors (Lipinski definition) is 4. The van der Waals surface area contributed by atoms with Crippen LogP contribution >= 0.6 is 0 Å². The molecule has 0 atom stereocenters. The molecule has 0 fully saturated rings. The molecule has 0 saturated carbocycles. The quantitative estimate of drug-likeness (QED) is 0.748. The summed E-state index contributed by atoms with van der Waals surface area (Å²) in [5.74, 6) is 0.114. The van der Waals surface area contributed by atoms with Gasteiger partial charge in [-0.05, 0) is 23.3 Å². The number of hydrogen-bond donors (Lipinski definition) is 1. The molecular weight excluding hydrogens is 294 g/mol. The minimum absolute atomic E-state index is 0.114.